The number of thioether (sulfide) groups is 1. The first-order chi connectivity index (χ1) is 12.2. The van der Waals surface area contributed by atoms with E-state index in [0.717, 1.165) is 22.0 Å². The van der Waals surface area contributed by atoms with Crippen LogP contribution in [-0.2, 0) is 11.3 Å². The maximum absolute atomic E-state index is 12.4. The van der Waals surface area contributed by atoms with Crippen LogP contribution >= 0.6 is 11.8 Å². The third-order valence-electron chi connectivity index (χ3n) is 4.22. The first-order valence-corrected chi connectivity index (χ1v) is 9.60. The first kappa shape index (κ1) is 17.5. The fourth-order valence-corrected chi connectivity index (χ4v) is 3.60. The molecule has 128 valence electrons. The second kappa shape index (κ2) is 8.19. The summed E-state index contributed by atoms with van der Waals surface area (Å²) in [6.45, 7) is 1.25. The third-order valence-corrected chi connectivity index (χ3v) is 5.01. The number of nitrogens with one attached hydrogen (secondary N) is 2. The molecule has 0 radical (unpaired) electrons. The van der Waals surface area contributed by atoms with E-state index >= 15 is 0 Å². The normalized spacial score (nSPS) is 12.1. The second-order valence-electron chi connectivity index (χ2n) is 6.20. The Labute approximate surface area is 153 Å². The van der Waals surface area contributed by atoms with Gasteiger partial charge in [-0.3, -0.25) is 4.79 Å². The predicted molar refractivity (Wildman–Crippen MR) is 106 cm³/mol. The Bertz CT molecular complexity index is 873. The lowest BCUT2D eigenvalue weighted by atomic mass is 10.0. The molecule has 0 fully saturated rings. The van der Waals surface area contributed by atoms with Crippen LogP contribution in [-0.4, -0.2) is 25.8 Å². The van der Waals surface area contributed by atoms with Crippen molar-refractivity contribution in [1.29, 1.82) is 0 Å². The van der Waals surface area contributed by atoms with Gasteiger partial charge in [0.25, 0.3) is 5.91 Å². The number of quaternary nitrogens is 1. The van der Waals surface area contributed by atoms with E-state index in [1.807, 2.05) is 30.5 Å². The van der Waals surface area contributed by atoms with Crippen LogP contribution in [0.3, 0.4) is 0 Å². The molecule has 0 saturated heterocycles. The zero-order valence-electron chi connectivity index (χ0n) is 14.6. The fraction of sp³-hybridized carbons (Fsp3) is 0.190. The summed E-state index contributed by atoms with van der Waals surface area (Å²) in [6, 6.07) is 22.6. The van der Waals surface area contributed by atoms with E-state index in [2.05, 4.69) is 54.8 Å². The van der Waals surface area contributed by atoms with Crippen LogP contribution in [0.15, 0.2) is 71.6 Å². The van der Waals surface area contributed by atoms with Gasteiger partial charge < -0.3 is 10.2 Å². The van der Waals surface area contributed by atoms with Crippen LogP contribution in [0.25, 0.3) is 10.8 Å². The summed E-state index contributed by atoms with van der Waals surface area (Å²) in [5.74, 6) is 0.0410. The van der Waals surface area contributed by atoms with Gasteiger partial charge in [-0.2, -0.15) is 0 Å². The van der Waals surface area contributed by atoms with E-state index in [-0.39, 0.29) is 5.91 Å². The number of likely N-dealkylation sites (N-methyl/N-ethyl adjacent to an activating group) is 1. The minimum absolute atomic E-state index is 0.0410. The van der Waals surface area contributed by atoms with Crippen molar-refractivity contribution in [2.45, 2.75) is 11.4 Å². The molecule has 0 heterocycles. The summed E-state index contributed by atoms with van der Waals surface area (Å²) in [5, 5.41) is 5.54. The molecule has 2 N–H and O–H groups in total. The zero-order chi connectivity index (χ0) is 17.6. The highest BCUT2D eigenvalue weighted by molar-refractivity contribution is 7.98. The van der Waals surface area contributed by atoms with Crippen molar-refractivity contribution in [3.05, 3.63) is 72.3 Å². The number of fused-ring (bicyclic) bond motifs is 1. The smallest absolute Gasteiger partial charge is 0.279 e. The van der Waals surface area contributed by atoms with Crippen LogP contribution < -0.4 is 10.2 Å². The lowest BCUT2D eigenvalue weighted by Crippen LogP contribution is -3.08. The number of amides is 1. The highest BCUT2D eigenvalue weighted by atomic mass is 32.2. The van der Waals surface area contributed by atoms with Gasteiger partial charge in [0.15, 0.2) is 6.54 Å². The van der Waals surface area contributed by atoms with Crippen LogP contribution in [0.1, 0.15) is 5.56 Å². The Morgan fingerprint density at radius 3 is 2.56 bits per heavy atom. The lowest BCUT2D eigenvalue weighted by molar-refractivity contribution is -0.885. The lowest BCUT2D eigenvalue weighted by Gasteiger charge is -2.16. The SMILES string of the molecule is CSc1ccccc1NC(=O)C[NH+](C)Cc1cccc2ccccc12. The average Bonchev–Trinajstić information content (AvgIpc) is 2.62. The molecule has 1 unspecified atom stereocenters. The van der Waals surface area contributed by atoms with Crippen LogP contribution in [0.2, 0.25) is 0 Å². The number of carbonyl (C=O) groups excluding carboxylic acids is 1. The molecule has 25 heavy (non-hydrogen) atoms. The summed E-state index contributed by atoms with van der Waals surface area (Å²) in [7, 11) is 2.06. The van der Waals surface area contributed by atoms with Crippen LogP contribution in [0.4, 0.5) is 5.69 Å². The van der Waals surface area contributed by atoms with Crippen molar-refractivity contribution < 1.29 is 9.69 Å². The molecule has 0 bridgehead atoms. The van der Waals surface area contributed by atoms with Crippen molar-refractivity contribution in [2.24, 2.45) is 0 Å². The van der Waals surface area contributed by atoms with Crippen LogP contribution in [0, 0.1) is 0 Å². The highest BCUT2D eigenvalue weighted by Gasteiger charge is 2.13. The Kier molecular flexibility index (Phi) is 5.74. The number of hydrogen-bond donors (Lipinski definition) is 2. The Morgan fingerprint density at radius 2 is 1.72 bits per heavy atom. The van der Waals surface area contributed by atoms with E-state index in [0.29, 0.717) is 6.54 Å². The van der Waals surface area contributed by atoms with Crippen molar-refractivity contribution in [3.8, 4) is 0 Å². The molecule has 3 aromatic rings. The standard InChI is InChI=1S/C21H22N2OS/c1-23(14-17-10-7-9-16-8-3-4-11-18(16)17)15-21(24)22-19-12-5-6-13-20(19)25-2/h3-13H,14-15H2,1-2H3,(H,22,24)/p+1. The first-order valence-electron chi connectivity index (χ1n) is 8.38. The number of benzene rings is 3. The number of hydrogen-bond acceptors (Lipinski definition) is 2. The number of anilines is 1. The van der Waals surface area contributed by atoms with E-state index in [9.17, 15) is 4.79 Å². The highest BCUT2D eigenvalue weighted by Crippen LogP contribution is 2.24. The molecule has 4 heteroatoms. The van der Waals surface area contributed by atoms with E-state index in [1.165, 1.54) is 16.3 Å². The molecule has 0 aliphatic carbocycles. The Hall–Kier alpha value is -2.30. The van der Waals surface area contributed by atoms with Gasteiger partial charge in [-0.25, -0.2) is 0 Å². The molecular formula is C21H23N2OS+. The van der Waals surface area contributed by atoms with E-state index in [1.54, 1.807) is 11.8 Å². The largest absolute Gasteiger partial charge is 0.326 e. The maximum Gasteiger partial charge on any atom is 0.279 e. The average molecular weight is 351 g/mol. The van der Waals surface area contributed by atoms with Gasteiger partial charge in [-0.15, -0.1) is 11.8 Å². The molecule has 3 rings (SSSR count). The predicted octanol–water partition coefficient (Wildman–Crippen LogP) is 3.22. The van der Waals surface area contributed by atoms with Crippen molar-refractivity contribution in [3.63, 3.8) is 0 Å². The fourth-order valence-electron chi connectivity index (χ4n) is 3.05. The molecule has 0 aromatic heterocycles. The summed E-state index contributed by atoms with van der Waals surface area (Å²) in [6.07, 6.45) is 2.02. The zero-order valence-corrected chi connectivity index (χ0v) is 15.4. The topological polar surface area (TPSA) is 33.5 Å². The minimum Gasteiger partial charge on any atom is -0.326 e. The third kappa shape index (κ3) is 4.41. The van der Waals surface area contributed by atoms with Gasteiger partial charge in [0.2, 0.25) is 0 Å². The van der Waals surface area contributed by atoms with Gasteiger partial charge in [-0.1, -0.05) is 54.6 Å². The number of carbonyl (C=O) groups is 1. The van der Waals surface area contributed by atoms with Crippen molar-refractivity contribution in [1.82, 2.24) is 0 Å². The van der Waals surface area contributed by atoms with E-state index < -0.39 is 0 Å². The quantitative estimate of drug-likeness (QED) is 0.669. The molecule has 1 atom stereocenters. The number of rotatable bonds is 6. The van der Waals surface area contributed by atoms with E-state index in [4.69, 9.17) is 0 Å². The van der Waals surface area contributed by atoms with Gasteiger partial charge in [0.1, 0.15) is 6.54 Å². The molecule has 3 aromatic carbocycles. The van der Waals surface area contributed by atoms with Crippen LogP contribution in [0.5, 0.6) is 0 Å². The van der Waals surface area contributed by atoms with Gasteiger partial charge in [0.05, 0.1) is 12.7 Å². The Balaban J connectivity index is 1.65. The monoisotopic (exact) mass is 351 g/mol. The van der Waals surface area contributed by atoms with Crippen molar-refractivity contribution >= 4 is 34.1 Å². The molecule has 0 aliphatic heterocycles. The van der Waals surface area contributed by atoms with Gasteiger partial charge in [-0.05, 0) is 29.2 Å². The summed E-state index contributed by atoms with van der Waals surface area (Å²) in [4.78, 5) is 14.7. The molecular weight excluding hydrogens is 328 g/mol. The van der Waals surface area contributed by atoms with Gasteiger partial charge >= 0.3 is 0 Å². The van der Waals surface area contributed by atoms with Gasteiger partial charge in [0, 0.05) is 10.5 Å². The minimum atomic E-state index is 0.0410. The molecule has 3 nitrogen and oxygen atoms in total. The van der Waals surface area contributed by atoms with Crippen molar-refractivity contribution in [2.75, 3.05) is 25.2 Å². The second-order valence-corrected chi connectivity index (χ2v) is 7.05. The molecule has 0 aliphatic rings. The molecule has 0 spiro atoms. The Morgan fingerprint density at radius 1 is 1.00 bits per heavy atom. The summed E-state index contributed by atoms with van der Waals surface area (Å²) in [5.41, 5.74) is 2.16. The number of para-hydroxylation sites is 1. The summed E-state index contributed by atoms with van der Waals surface area (Å²) >= 11 is 1.64. The molecule has 0 saturated carbocycles. The maximum atomic E-state index is 12.4. The molecule has 1 amide bonds. The summed E-state index contributed by atoms with van der Waals surface area (Å²) < 4.78 is 0.